The highest BCUT2D eigenvalue weighted by Crippen LogP contribution is 2.26. The van der Waals surface area contributed by atoms with Gasteiger partial charge in [-0.3, -0.25) is 0 Å². The summed E-state index contributed by atoms with van der Waals surface area (Å²) < 4.78 is 12.9. The fourth-order valence-electron chi connectivity index (χ4n) is 1.63. The van der Waals surface area contributed by atoms with Gasteiger partial charge in [0.05, 0.1) is 0 Å². The summed E-state index contributed by atoms with van der Waals surface area (Å²) >= 11 is 6.01. The Kier molecular flexibility index (Phi) is 5.31. The zero-order valence-corrected chi connectivity index (χ0v) is 10.0. The first kappa shape index (κ1) is 13.0. The van der Waals surface area contributed by atoms with Crippen LogP contribution in [0.4, 0.5) is 4.39 Å². The molecule has 0 saturated heterocycles. The van der Waals surface area contributed by atoms with E-state index in [2.05, 4.69) is 11.2 Å². The van der Waals surface area contributed by atoms with E-state index in [-0.39, 0.29) is 11.9 Å². The molecule has 1 unspecified atom stereocenters. The van der Waals surface area contributed by atoms with Crippen LogP contribution in [0.1, 0.15) is 31.4 Å². The van der Waals surface area contributed by atoms with E-state index in [1.54, 1.807) is 6.07 Å². The predicted molar refractivity (Wildman–Crippen MR) is 65.9 cm³/mol. The SMILES string of the molecule is C#CCCC(NCC)c1ccc(F)cc1Cl. The lowest BCUT2D eigenvalue weighted by atomic mass is 10.0. The van der Waals surface area contributed by atoms with E-state index in [1.165, 1.54) is 12.1 Å². The molecule has 0 bridgehead atoms. The van der Waals surface area contributed by atoms with E-state index in [4.69, 9.17) is 18.0 Å². The standard InChI is InChI=1S/C13H15ClFN/c1-3-5-6-13(16-4-2)11-8-7-10(15)9-12(11)14/h1,7-9,13,16H,4-6H2,2H3. The van der Waals surface area contributed by atoms with Crippen LogP contribution < -0.4 is 5.32 Å². The molecule has 1 atom stereocenters. The summed E-state index contributed by atoms with van der Waals surface area (Å²) in [4.78, 5) is 0. The van der Waals surface area contributed by atoms with Crippen LogP contribution >= 0.6 is 11.6 Å². The first-order chi connectivity index (χ1) is 7.69. The maximum absolute atomic E-state index is 12.9. The summed E-state index contributed by atoms with van der Waals surface area (Å²) in [6.07, 6.45) is 6.72. The van der Waals surface area contributed by atoms with Gasteiger partial charge in [0.25, 0.3) is 0 Å². The highest BCUT2D eigenvalue weighted by atomic mass is 35.5. The normalized spacial score (nSPS) is 12.1. The van der Waals surface area contributed by atoms with Gasteiger partial charge in [-0.15, -0.1) is 12.3 Å². The van der Waals surface area contributed by atoms with Gasteiger partial charge >= 0.3 is 0 Å². The molecule has 0 aliphatic carbocycles. The molecule has 1 nitrogen and oxygen atoms in total. The van der Waals surface area contributed by atoms with Crippen LogP contribution in [0.15, 0.2) is 18.2 Å². The fraction of sp³-hybridized carbons (Fsp3) is 0.385. The average Bonchev–Trinajstić information content (AvgIpc) is 2.25. The van der Waals surface area contributed by atoms with E-state index in [0.717, 1.165) is 18.5 Å². The number of rotatable bonds is 5. The van der Waals surface area contributed by atoms with Crippen LogP contribution in [0.3, 0.4) is 0 Å². The molecule has 0 aliphatic heterocycles. The predicted octanol–water partition coefficient (Wildman–Crippen LogP) is 3.54. The van der Waals surface area contributed by atoms with Gasteiger partial charge in [-0.1, -0.05) is 24.6 Å². The number of terminal acetylenes is 1. The highest BCUT2D eigenvalue weighted by Gasteiger charge is 2.13. The zero-order valence-electron chi connectivity index (χ0n) is 9.26. The second kappa shape index (κ2) is 6.52. The molecule has 0 amide bonds. The third-order valence-electron chi connectivity index (χ3n) is 2.37. The van der Waals surface area contributed by atoms with E-state index >= 15 is 0 Å². The molecule has 0 radical (unpaired) electrons. The van der Waals surface area contributed by atoms with E-state index < -0.39 is 0 Å². The minimum Gasteiger partial charge on any atom is -0.310 e. The Bertz CT molecular complexity index is 384. The van der Waals surface area contributed by atoms with Gasteiger partial charge < -0.3 is 5.32 Å². The lowest BCUT2D eigenvalue weighted by Crippen LogP contribution is -2.21. The minimum absolute atomic E-state index is 0.0918. The third-order valence-corrected chi connectivity index (χ3v) is 2.69. The van der Waals surface area contributed by atoms with Crippen molar-refractivity contribution in [2.24, 2.45) is 0 Å². The fourth-order valence-corrected chi connectivity index (χ4v) is 1.92. The molecule has 1 N–H and O–H groups in total. The Hall–Kier alpha value is -1.04. The maximum Gasteiger partial charge on any atom is 0.124 e. The molecule has 1 aromatic rings. The molecule has 0 spiro atoms. The number of halogens is 2. The number of hydrogen-bond donors (Lipinski definition) is 1. The number of nitrogens with one attached hydrogen (secondary N) is 1. The smallest absolute Gasteiger partial charge is 0.124 e. The minimum atomic E-state index is -0.319. The lowest BCUT2D eigenvalue weighted by molar-refractivity contribution is 0.521. The Morgan fingerprint density at radius 3 is 2.88 bits per heavy atom. The van der Waals surface area contributed by atoms with Crippen LogP contribution in [0.2, 0.25) is 5.02 Å². The van der Waals surface area contributed by atoms with Gasteiger partial charge in [0.1, 0.15) is 5.82 Å². The van der Waals surface area contributed by atoms with Crippen molar-refractivity contribution in [3.63, 3.8) is 0 Å². The molecule has 3 heteroatoms. The van der Waals surface area contributed by atoms with Crippen molar-refractivity contribution in [2.45, 2.75) is 25.8 Å². The first-order valence-electron chi connectivity index (χ1n) is 5.30. The van der Waals surface area contributed by atoms with Crippen LogP contribution in [0.25, 0.3) is 0 Å². The van der Waals surface area contributed by atoms with Gasteiger partial charge in [-0.05, 0) is 30.7 Å². The largest absolute Gasteiger partial charge is 0.310 e. The third kappa shape index (κ3) is 3.52. The molecule has 1 rings (SSSR count). The van der Waals surface area contributed by atoms with Gasteiger partial charge in [0.15, 0.2) is 0 Å². The topological polar surface area (TPSA) is 12.0 Å². The summed E-state index contributed by atoms with van der Waals surface area (Å²) in [7, 11) is 0. The first-order valence-corrected chi connectivity index (χ1v) is 5.68. The molecule has 0 fully saturated rings. The van der Waals surface area contributed by atoms with Crippen molar-refractivity contribution in [2.75, 3.05) is 6.54 Å². The average molecular weight is 240 g/mol. The second-order valence-electron chi connectivity index (χ2n) is 3.52. The molecule has 86 valence electrons. The quantitative estimate of drug-likeness (QED) is 0.775. The van der Waals surface area contributed by atoms with Crippen LogP contribution in [-0.2, 0) is 0 Å². The molecule has 0 heterocycles. The monoisotopic (exact) mass is 239 g/mol. The summed E-state index contributed by atoms with van der Waals surface area (Å²) in [5, 5.41) is 3.74. The molecular formula is C13H15ClFN. The van der Waals surface area contributed by atoms with E-state index in [9.17, 15) is 4.39 Å². The van der Waals surface area contributed by atoms with Crippen LogP contribution in [0.5, 0.6) is 0 Å². The van der Waals surface area contributed by atoms with Crippen molar-refractivity contribution in [3.8, 4) is 12.3 Å². The molecule has 0 saturated carbocycles. The molecule has 0 aromatic heterocycles. The number of benzene rings is 1. The highest BCUT2D eigenvalue weighted by molar-refractivity contribution is 6.31. The van der Waals surface area contributed by atoms with Crippen LogP contribution in [-0.4, -0.2) is 6.54 Å². The van der Waals surface area contributed by atoms with Crippen molar-refractivity contribution in [1.29, 1.82) is 0 Å². The summed E-state index contributed by atoms with van der Waals surface area (Å²) in [5.74, 6) is 2.28. The summed E-state index contributed by atoms with van der Waals surface area (Å²) in [5.41, 5.74) is 0.903. The Morgan fingerprint density at radius 2 is 2.31 bits per heavy atom. The van der Waals surface area contributed by atoms with Crippen molar-refractivity contribution < 1.29 is 4.39 Å². The summed E-state index contributed by atoms with van der Waals surface area (Å²) in [6.45, 7) is 2.84. The van der Waals surface area contributed by atoms with Gasteiger partial charge in [0, 0.05) is 17.5 Å². The van der Waals surface area contributed by atoms with E-state index in [0.29, 0.717) is 11.4 Å². The van der Waals surface area contributed by atoms with Crippen molar-refractivity contribution >= 4 is 11.6 Å². The molecule has 16 heavy (non-hydrogen) atoms. The lowest BCUT2D eigenvalue weighted by Gasteiger charge is -2.18. The number of hydrogen-bond acceptors (Lipinski definition) is 1. The molecule has 1 aromatic carbocycles. The second-order valence-corrected chi connectivity index (χ2v) is 3.93. The Labute approximate surface area is 101 Å². The zero-order chi connectivity index (χ0) is 12.0. The van der Waals surface area contributed by atoms with Gasteiger partial charge in [0.2, 0.25) is 0 Å². The Balaban J connectivity index is 2.87. The maximum atomic E-state index is 12.9. The van der Waals surface area contributed by atoms with E-state index in [1.807, 2.05) is 6.92 Å². The molecular weight excluding hydrogens is 225 g/mol. The Morgan fingerprint density at radius 1 is 1.56 bits per heavy atom. The van der Waals surface area contributed by atoms with Gasteiger partial charge in [-0.2, -0.15) is 0 Å². The van der Waals surface area contributed by atoms with Crippen molar-refractivity contribution in [3.05, 3.63) is 34.6 Å². The van der Waals surface area contributed by atoms with Crippen LogP contribution in [0, 0.1) is 18.2 Å². The van der Waals surface area contributed by atoms with Crippen molar-refractivity contribution in [1.82, 2.24) is 5.32 Å². The van der Waals surface area contributed by atoms with Gasteiger partial charge in [-0.25, -0.2) is 4.39 Å². The molecule has 0 aliphatic rings. The summed E-state index contributed by atoms with van der Waals surface area (Å²) in [6, 6.07) is 4.55.